The van der Waals surface area contributed by atoms with Crippen molar-refractivity contribution in [1.82, 2.24) is 35.2 Å². The van der Waals surface area contributed by atoms with Gasteiger partial charge in [-0.1, -0.05) is 11.3 Å². The molecule has 0 bridgehead atoms. The van der Waals surface area contributed by atoms with E-state index in [-0.39, 0.29) is 6.04 Å². The second-order valence-electron chi connectivity index (χ2n) is 4.03. The lowest BCUT2D eigenvalue weighted by Crippen LogP contribution is -2.09. The molecule has 0 saturated heterocycles. The molecule has 3 rings (SSSR count). The van der Waals surface area contributed by atoms with Crippen LogP contribution >= 0.6 is 0 Å². The molecule has 2 N–H and O–H groups in total. The number of tetrazole rings is 1. The Hall–Kier alpha value is -2.51. The van der Waals surface area contributed by atoms with E-state index in [2.05, 4.69) is 36.0 Å². The zero-order valence-corrected chi connectivity index (χ0v) is 9.99. The third kappa shape index (κ3) is 1.77. The largest absolute Gasteiger partial charge is 0.343 e. The molecule has 3 aromatic heterocycles. The van der Waals surface area contributed by atoms with Gasteiger partial charge in [0.05, 0.1) is 6.04 Å². The van der Waals surface area contributed by atoms with Crippen molar-refractivity contribution in [3.63, 3.8) is 0 Å². The van der Waals surface area contributed by atoms with Crippen molar-refractivity contribution in [2.24, 2.45) is 0 Å². The van der Waals surface area contributed by atoms with E-state index >= 15 is 0 Å². The zero-order valence-electron chi connectivity index (χ0n) is 9.99. The van der Waals surface area contributed by atoms with Crippen LogP contribution in [0.1, 0.15) is 24.4 Å². The van der Waals surface area contributed by atoms with Gasteiger partial charge in [0.1, 0.15) is 0 Å². The molecule has 0 radical (unpaired) electrons. The summed E-state index contributed by atoms with van der Waals surface area (Å²) in [6.45, 7) is 3.92. The molecule has 0 spiro atoms. The lowest BCUT2D eigenvalue weighted by Gasteiger charge is -2.05. The van der Waals surface area contributed by atoms with Gasteiger partial charge in [0.15, 0.2) is 11.5 Å². The van der Waals surface area contributed by atoms with Crippen LogP contribution < -0.4 is 5.32 Å². The minimum Gasteiger partial charge on any atom is -0.343 e. The molecule has 18 heavy (non-hydrogen) atoms. The van der Waals surface area contributed by atoms with Crippen LogP contribution in [0.2, 0.25) is 0 Å². The van der Waals surface area contributed by atoms with Gasteiger partial charge in [-0.2, -0.15) is 10.2 Å². The summed E-state index contributed by atoms with van der Waals surface area (Å²) in [7, 11) is 0. The first-order valence-electron chi connectivity index (χ1n) is 5.56. The number of anilines is 1. The van der Waals surface area contributed by atoms with Crippen LogP contribution in [0.15, 0.2) is 18.3 Å². The summed E-state index contributed by atoms with van der Waals surface area (Å²) in [5, 5.41) is 21.2. The SMILES string of the molecule is Cc1cccn2nc(NC(C)c3nn[nH]n3)nc12. The van der Waals surface area contributed by atoms with E-state index in [0.717, 1.165) is 11.2 Å². The highest BCUT2D eigenvalue weighted by Crippen LogP contribution is 2.14. The predicted molar refractivity (Wildman–Crippen MR) is 63.9 cm³/mol. The summed E-state index contributed by atoms with van der Waals surface area (Å²) < 4.78 is 1.74. The van der Waals surface area contributed by atoms with E-state index in [4.69, 9.17) is 0 Å². The van der Waals surface area contributed by atoms with E-state index < -0.39 is 0 Å². The van der Waals surface area contributed by atoms with Crippen molar-refractivity contribution in [3.8, 4) is 0 Å². The number of nitrogens with one attached hydrogen (secondary N) is 2. The highest BCUT2D eigenvalue weighted by molar-refractivity contribution is 5.50. The third-order valence-electron chi connectivity index (χ3n) is 2.65. The standard InChI is InChI=1S/C10H12N8/c1-6-4-3-5-18-9(6)12-10(15-18)11-7(2)8-13-16-17-14-8/h3-5,7H,1-2H3,(H,11,15)(H,13,14,16,17). The molecule has 3 aromatic rings. The molecular weight excluding hydrogens is 232 g/mol. The average molecular weight is 244 g/mol. The van der Waals surface area contributed by atoms with E-state index in [1.54, 1.807) is 4.52 Å². The Morgan fingerprint density at radius 1 is 1.44 bits per heavy atom. The number of pyridine rings is 1. The molecule has 1 atom stereocenters. The molecule has 0 saturated carbocycles. The molecule has 0 fully saturated rings. The number of rotatable bonds is 3. The number of fused-ring (bicyclic) bond motifs is 1. The van der Waals surface area contributed by atoms with Gasteiger partial charge in [-0.25, -0.2) is 4.52 Å². The molecule has 0 aromatic carbocycles. The first-order chi connectivity index (χ1) is 8.74. The average Bonchev–Trinajstić information content (AvgIpc) is 2.97. The molecule has 8 nitrogen and oxygen atoms in total. The fourth-order valence-corrected chi connectivity index (χ4v) is 1.71. The normalized spacial score (nSPS) is 12.8. The van der Waals surface area contributed by atoms with Gasteiger partial charge in [0.25, 0.3) is 0 Å². The van der Waals surface area contributed by atoms with E-state index in [0.29, 0.717) is 11.8 Å². The maximum atomic E-state index is 4.42. The third-order valence-corrected chi connectivity index (χ3v) is 2.65. The Balaban J connectivity index is 1.89. The van der Waals surface area contributed by atoms with Gasteiger partial charge >= 0.3 is 0 Å². The lowest BCUT2D eigenvalue weighted by atomic mass is 10.3. The highest BCUT2D eigenvalue weighted by atomic mass is 15.5. The molecule has 8 heteroatoms. The number of aryl methyl sites for hydroxylation is 1. The Morgan fingerprint density at radius 3 is 3.06 bits per heavy atom. The van der Waals surface area contributed by atoms with Crippen molar-refractivity contribution >= 4 is 11.6 Å². The van der Waals surface area contributed by atoms with Crippen LogP contribution in [0.5, 0.6) is 0 Å². The summed E-state index contributed by atoms with van der Waals surface area (Å²) in [5.74, 6) is 1.12. The number of hydrogen-bond acceptors (Lipinski definition) is 6. The fraction of sp³-hybridized carbons (Fsp3) is 0.300. The zero-order chi connectivity index (χ0) is 12.5. The molecule has 0 amide bonds. The van der Waals surface area contributed by atoms with Crippen LogP contribution in [0.25, 0.3) is 5.65 Å². The van der Waals surface area contributed by atoms with Gasteiger partial charge < -0.3 is 5.32 Å². The number of hydrogen-bond donors (Lipinski definition) is 2. The Bertz CT molecular complexity index is 656. The fourth-order valence-electron chi connectivity index (χ4n) is 1.71. The van der Waals surface area contributed by atoms with Crippen LogP contribution in [0.4, 0.5) is 5.95 Å². The topological polar surface area (TPSA) is 96.7 Å². The number of nitrogens with zero attached hydrogens (tertiary/aromatic N) is 6. The number of H-pyrrole nitrogens is 1. The monoisotopic (exact) mass is 244 g/mol. The van der Waals surface area contributed by atoms with Crippen molar-refractivity contribution in [2.75, 3.05) is 5.32 Å². The van der Waals surface area contributed by atoms with Crippen molar-refractivity contribution < 1.29 is 0 Å². The van der Waals surface area contributed by atoms with Gasteiger partial charge in [-0.15, -0.1) is 15.3 Å². The lowest BCUT2D eigenvalue weighted by molar-refractivity contribution is 0.779. The summed E-state index contributed by atoms with van der Waals surface area (Å²) in [5.41, 5.74) is 1.91. The second kappa shape index (κ2) is 4.06. The predicted octanol–water partition coefficient (Wildman–Crippen LogP) is 0.724. The van der Waals surface area contributed by atoms with Gasteiger partial charge in [-0.05, 0) is 25.5 Å². The molecule has 0 aliphatic rings. The van der Waals surface area contributed by atoms with E-state index in [1.165, 1.54) is 0 Å². The quantitative estimate of drug-likeness (QED) is 0.704. The first-order valence-corrected chi connectivity index (χ1v) is 5.56. The maximum Gasteiger partial charge on any atom is 0.243 e. The molecule has 0 aliphatic heterocycles. The molecule has 3 heterocycles. The van der Waals surface area contributed by atoms with Crippen molar-refractivity contribution in [3.05, 3.63) is 29.7 Å². The van der Waals surface area contributed by atoms with Crippen LogP contribution in [0, 0.1) is 6.92 Å². The van der Waals surface area contributed by atoms with Crippen molar-refractivity contribution in [1.29, 1.82) is 0 Å². The highest BCUT2D eigenvalue weighted by Gasteiger charge is 2.13. The van der Waals surface area contributed by atoms with Gasteiger partial charge in [0.2, 0.25) is 5.95 Å². The Morgan fingerprint density at radius 2 is 2.33 bits per heavy atom. The molecule has 1 unspecified atom stereocenters. The number of aromatic amines is 1. The summed E-state index contributed by atoms with van der Waals surface area (Å²) in [6, 6.07) is 3.82. The van der Waals surface area contributed by atoms with Crippen LogP contribution in [-0.4, -0.2) is 35.2 Å². The maximum absolute atomic E-state index is 4.42. The van der Waals surface area contributed by atoms with E-state index in [9.17, 15) is 0 Å². The van der Waals surface area contributed by atoms with Crippen LogP contribution in [-0.2, 0) is 0 Å². The second-order valence-corrected chi connectivity index (χ2v) is 4.03. The van der Waals surface area contributed by atoms with E-state index in [1.807, 2.05) is 32.2 Å². The van der Waals surface area contributed by atoms with Crippen molar-refractivity contribution in [2.45, 2.75) is 19.9 Å². The number of aromatic nitrogens is 7. The minimum atomic E-state index is -0.110. The minimum absolute atomic E-state index is 0.110. The summed E-state index contributed by atoms with van der Waals surface area (Å²) in [6.07, 6.45) is 1.86. The first kappa shape index (κ1) is 10.6. The summed E-state index contributed by atoms with van der Waals surface area (Å²) in [4.78, 5) is 4.42. The molecule has 0 aliphatic carbocycles. The molecular formula is C10H12N8. The Kier molecular flexibility index (Phi) is 2.40. The van der Waals surface area contributed by atoms with Gasteiger partial charge in [0, 0.05) is 6.20 Å². The summed E-state index contributed by atoms with van der Waals surface area (Å²) >= 11 is 0. The molecule has 92 valence electrons. The smallest absolute Gasteiger partial charge is 0.243 e. The Labute approximate surface area is 102 Å². The van der Waals surface area contributed by atoms with Crippen LogP contribution in [0.3, 0.4) is 0 Å². The van der Waals surface area contributed by atoms with Gasteiger partial charge in [-0.3, -0.25) is 0 Å².